The van der Waals surface area contributed by atoms with E-state index >= 15 is 0 Å². The standard InChI is InChI=1S/C23H32N2OS.C2H6/c1-3-6-19(2)24-27(26)23-13-11-22(12-14-23)21-9-7-20(8-10-21)15-18-25-16-4-5-17-25;1-2/h7-14,19,24H,3-6,15-18H2,1-2H3;1-2H3. The lowest BCUT2D eigenvalue weighted by atomic mass is 10.0. The molecule has 2 aromatic rings. The van der Waals surface area contributed by atoms with Crippen LogP contribution in [0.25, 0.3) is 11.1 Å². The average molecular weight is 415 g/mol. The first-order valence-electron chi connectivity index (χ1n) is 11.3. The Bertz CT molecular complexity index is 721. The second kappa shape index (κ2) is 12.9. The summed E-state index contributed by atoms with van der Waals surface area (Å²) in [6, 6.07) is 17.2. The Morgan fingerprint density at radius 1 is 0.966 bits per heavy atom. The summed E-state index contributed by atoms with van der Waals surface area (Å²) in [6.45, 7) is 11.9. The van der Waals surface area contributed by atoms with E-state index in [1.165, 1.54) is 49.2 Å². The van der Waals surface area contributed by atoms with E-state index in [9.17, 15) is 4.21 Å². The van der Waals surface area contributed by atoms with Gasteiger partial charge in [0.25, 0.3) is 0 Å². The van der Waals surface area contributed by atoms with Crippen LogP contribution < -0.4 is 4.72 Å². The van der Waals surface area contributed by atoms with E-state index in [1.807, 2.05) is 26.0 Å². The molecule has 0 aliphatic carbocycles. The van der Waals surface area contributed by atoms with Gasteiger partial charge < -0.3 is 4.90 Å². The van der Waals surface area contributed by atoms with Gasteiger partial charge in [0.1, 0.15) is 11.0 Å². The Morgan fingerprint density at radius 3 is 2.07 bits per heavy atom. The van der Waals surface area contributed by atoms with Crippen LogP contribution in [-0.4, -0.2) is 34.8 Å². The third-order valence-electron chi connectivity index (χ3n) is 5.30. The number of hydrogen-bond acceptors (Lipinski definition) is 2. The number of rotatable bonds is 9. The number of nitrogens with zero attached hydrogens (tertiary/aromatic N) is 1. The Kier molecular flexibility index (Phi) is 10.6. The molecule has 3 nitrogen and oxygen atoms in total. The van der Waals surface area contributed by atoms with E-state index in [0.717, 1.165) is 24.2 Å². The summed E-state index contributed by atoms with van der Waals surface area (Å²) in [5, 5.41) is 0. The van der Waals surface area contributed by atoms with Crippen molar-refractivity contribution in [2.45, 2.75) is 70.7 Å². The molecule has 2 unspecified atom stereocenters. The first kappa shape index (κ1) is 23.8. The topological polar surface area (TPSA) is 32.3 Å². The van der Waals surface area contributed by atoms with Gasteiger partial charge in [-0.15, -0.1) is 0 Å². The maximum atomic E-state index is 12.4. The van der Waals surface area contributed by atoms with Crippen LogP contribution in [-0.2, 0) is 17.4 Å². The van der Waals surface area contributed by atoms with Crippen molar-refractivity contribution in [3.8, 4) is 11.1 Å². The van der Waals surface area contributed by atoms with Crippen molar-refractivity contribution in [1.82, 2.24) is 9.62 Å². The van der Waals surface area contributed by atoms with Gasteiger partial charge in [0.15, 0.2) is 0 Å². The molecule has 1 aliphatic heterocycles. The van der Waals surface area contributed by atoms with Crippen molar-refractivity contribution in [3.63, 3.8) is 0 Å². The van der Waals surface area contributed by atoms with Crippen LogP contribution in [0.1, 0.15) is 58.9 Å². The lowest BCUT2D eigenvalue weighted by Crippen LogP contribution is -2.27. The number of hydrogen-bond donors (Lipinski definition) is 1. The van der Waals surface area contributed by atoms with Gasteiger partial charge in [-0.2, -0.15) is 0 Å². The molecule has 0 radical (unpaired) electrons. The van der Waals surface area contributed by atoms with Crippen LogP contribution in [0, 0.1) is 0 Å². The Labute approximate surface area is 180 Å². The van der Waals surface area contributed by atoms with Crippen molar-refractivity contribution in [3.05, 3.63) is 54.1 Å². The molecule has 0 aromatic heterocycles. The highest BCUT2D eigenvalue weighted by atomic mass is 32.2. The fraction of sp³-hybridized carbons (Fsp3) is 0.520. The summed E-state index contributed by atoms with van der Waals surface area (Å²) in [4.78, 5) is 3.39. The number of nitrogens with one attached hydrogen (secondary N) is 1. The van der Waals surface area contributed by atoms with Crippen LogP contribution in [0.2, 0.25) is 0 Å². The molecule has 3 rings (SSSR count). The van der Waals surface area contributed by atoms with Gasteiger partial charge in [0.05, 0.1) is 4.90 Å². The highest BCUT2D eigenvalue weighted by molar-refractivity contribution is 7.83. The highest BCUT2D eigenvalue weighted by Crippen LogP contribution is 2.22. The normalized spacial score (nSPS) is 16.1. The average Bonchev–Trinajstić information content (AvgIpc) is 3.28. The van der Waals surface area contributed by atoms with Gasteiger partial charge in [-0.05, 0) is 74.5 Å². The molecule has 0 bridgehead atoms. The molecular formula is C25H38N2OS. The predicted octanol–water partition coefficient (Wildman–Crippen LogP) is 5.82. The summed E-state index contributed by atoms with van der Waals surface area (Å²) in [7, 11) is -1.14. The fourth-order valence-corrected chi connectivity index (χ4v) is 4.67. The molecule has 29 heavy (non-hydrogen) atoms. The van der Waals surface area contributed by atoms with Crippen molar-refractivity contribution in [1.29, 1.82) is 0 Å². The zero-order chi connectivity index (χ0) is 21.1. The van der Waals surface area contributed by atoms with E-state index in [2.05, 4.69) is 59.9 Å². The number of benzene rings is 2. The lowest BCUT2D eigenvalue weighted by molar-refractivity contribution is 0.343. The minimum absolute atomic E-state index is 0.267. The van der Waals surface area contributed by atoms with Gasteiger partial charge in [-0.1, -0.05) is 63.6 Å². The zero-order valence-electron chi connectivity index (χ0n) is 18.6. The Balaban J connectivity index is 0.00000145. The second-order valence-electron chi connectivity index (χ2n) is 7.60. The lowest BCUT2D eigenvalue weighted by Gasteiger charge is -2.14. The highest BCUT2D eigenvalue weighted by Gasteiger charge is 2.11. The quantitative estimate of drug-likeness (QED) is 0.561. The first-order chi connectivity index (χ1) is 14.2. The summed E-state index contributed by atoms with van der Waals surface area (Å²) >= 11 is 0. The molecule has 1 fully saturated rings. The van der Waals surface area contributed by atoms with Gasteiger partial charge >= 0.3 is 0 Å². The number of likely N-dealkylation sites (tertiary alicyclic amines) is 1. The summed E-state index contributed by atoms with van der Waals surface area (Å²) in [5.41, 5.74) is 3.78. The summed E-state index contributed by atoms with van der Waals surface area (Å²) in [6.07, 6.45) is 5.96. The van der Waals surface area contributed by atoms with Gasteiger partial charge in [-0.25, -0.2) is 8.93 Å². The molecule has 1 heterocycles. The third-order valence-corrected chi connectivity index (χ3v) is 6.62. The molecule has 0 spiro atoms. The van der Waals surface area contributed by atoms with Crippen LogP contribution in [0.3, 0.4) is 0 Å². The molecule has 0 amide bonds. The van der Waals surface area contributed by atoms with E-state index in [1.54, 1.807) is 0 Å². The van der Waals surface area contributed by atoms with Gasteiger partial charge in [-0.3, -0.25) is 0 Å². The first-order valence-corrected chi connectivity index (χ1v) is 12.4. The van der Waals surface area contributed by atoms with Gasteiger partial charge in [0, 0.05) is 12.6 Å². The molecule has 2 atom stereocenters. The Morgan fingerprint density at radius 2 is 1.52 bits per heavy atom. The largest absolute Gasteiger partial charge is 0.303 e. The van der Waals surface area contributed by atoms with E-state index in [0.29, 0.717) is 0 Å². The van der Waals surface area contributed by atoms with Crippen LogP contribution in [0.4, 0.5) is 0 Å². The van der Waals surface area contributed by atoms with Crippen molar-refractivity contribution >= 4 is 11.0 Å². The molecular weight excluding hydrogens is 376 g/mol. The summed E-state index contributed by atoms with van der Waals surface area (Å²) < 4.78 is 15.6. The molecule has 0 saturated carbocycles. The minimum Gasteiger partial charge on any atom is -0.303 e. The smallest absolute Gasteiger partial charge is 0.125 e. The minimum atomic E-state index is -1.14. The molecule has 160 valence electrons. The molecule has 2 aromatic carbocycles. The van der Waals surface area contributed by atoms with Crippen LogP contribution >= 0.6 is 0 Å². The fourth-order valence-electron chi connectivity index (χ4n) is 3.67. The Hall–Kier alpha value is -1.49. The van der Waals surface area contributed by atoms with Crippen LogP contribution in [0.15, 0.2) is 53.4 Å². The van der Waals surface area contributed by atoms with Crippen LogP contribution in [0.5, 0.6) is 0 Å². The van der Waals surface area contributed by atoms with E-state index in [4.69, 9.17) is 0 Å². The monoisotopic (exact) mass is 414 g/mol. The molecule has 1 saturated heterocycles. The van der Waals surface area contributed by atoms with Crippen molar-refractivity contribution < 1.29 is 4.21 Å². The third kappa shape index (κ3) is 7.69. The van der Waals surface area contributed by atoms with Crippen molar-refractivity contribution in [2.24, 2.45) is 0 Å². The van der Waals surface area contributed by atoms with E-state index in [-0.39, 0.29) is 6.04 Å². The maximum Gasteiger partial charge on any atom is 0.125 e. The van der Waals surface area contributed by atoms with Gasteiger partial charge in [0.2, 0.25) is 0 Å². The molecule has 1 N–H and O–H groups in total. The maximum absolute atomic E-state index is 12.4. The SMILES string of the molecule is CC.CCCC(C)NS(=O)c1ccc(-c2ccc(CCN3CCCC3)cc2)cc1. The molecule has 1 aliphatic rings. The second-order valence-corrected chi connectivity index (χ2v) is 8.84. The van der Waals surface area contributed by atoms with Crippen molar-refractivity contribution in [2.75, 3.05) is 19.6 Å². The molecule has 4 heteroatoms. The predicted molar refractivity (Wildman–Crippen MR) is 127 cm³/mol. The summed E-state index contributed by atoms with van der Waals surface area (Å²) in [5.74, 6) is 0. The van der Waals surface area contributed by atoms with E-state index < -0.39 is 11.0 Å². The zero-order valence-corrected chi connectivity index (χ0v) is 19.4.